The molecule has 0 saturated carbocycles. The summed E-state index contributed by atoms with van der Waals surface area (Å²) >= 11 is 6.44. The van der Waals surface area contributed by atoms with E-state index in [-0.39, 0.29) is 18.0 Å². The molecule has 0 aliphatic carbocycles. The highest BCUT2D eigenvalue weighted by Gasteiger charge is 2.33. The van der Waals surface area contributed by atoms with Gasteiger partial charge in [0.05, 0.1) is 0 Å². The van der Waals surface area contributed by atoms with Gasteiger partial charge in [-0.15, -0.1) is 0 Å². The van der Waals surface area contributed by atoms with Gasteiger partial charge in [0.25, 0.3) is 5.91 Å². The average Bonchev–Trinajstić information content (AvgIpc) is 2.23. The molecule has 0 atom stereocenters. The lowest BCUT2D eigenvalue weighted by molar-refractivity contribution is -0.141. The van der Waals surface area contributed by atoms with Crippen molar-refractivity contribution in [2.45, 2.75) is 20.0 Å². The second-order valence-corrected chi connectivity index (χ2v) is 6.68. The molecule has 2 nitrogen and oxygen atoms in total. The van der Waals surface area contributed by atoms with Gasteiger partial charge in [0, 0.05) is 21.1 Å². The van der Waals surface area contributed by atoms with Crippen molar-refractivity contribution in [2.75, 3.05) is 13.1 Å². The van der Waals surface area contributed by atoms with Crippen molar-refractivity contribution < 1.29 is 18.0 Å². The summed E-state index contributed by atoms with van der Waals surface area (Å²) in [4.78, 5) is 13.1. The van der Waals surface area contributed by atoms with E-state index >= 15 is 0 Å². The molecule has 20 heavy (non-hydrogen) atoms. The molecule has 0 spiro atoms. The van der Waals surface area contributed by atoms with Crippen LogP contribution in [0.5, 0.6) is 0 Å². The number of nitrogens with zero attached hydrogens (tertiary/aromatic N) is 1. The Morgan fingerprint density at radius 2 is 1.70 bits per heavy atom. The van der Waals surface area contributed by atoms with Crippen LogP contribution in [0.1, 0.15) is 24.2 Å². The van der Waals surface area contributed by atoms with Gasteiger partial charge in [-0.05, 0) is 24.1 Å². The van der Waals surface area contributed by atoms with Crippen molar-refractivity contribution in [3.05, 3.63) is 32.7 Å². The minimum absolute atomic E-state index is 0.0445. The summed E-state index contributed by atoms with van der Waals surface area (Å²) in [6.07, 6.45) is -4.41. The maximum atomic E-state index is 12.6. The number of amides is 1. The largest absolute Gasteiger partial charge is 0.406 e. The molecule has 0 fully saturated rings. The summed E-state index contributed by atoms with van der Waals surface area (Å²) in [6.45, 7) is 2.36. The van der Waals surface area contributed by atoms with Gasteiger partial charge in [0.15, 0.2) is 0 Å². The van der Waals surface area contributed by atoms with Crippen LogP contribution < -0.4 is 0 Å². The minimum Gasteiger partial charge on any atom is -0.329 e. The molecule has 0 N–H and O–H groups in total. The number of benzene rings is 1. The first-order chi connectivity index (χ1) is 9.08. The van der Waals surface area contributed by atoms with Crippen molar-refractivity contribution in [3.8, 4) is 0 Å². The fourth-order valence-corrected chi connectivity index (χ4v) is 3.03. The standard InChI is InChI=1S/C13H14Br2F3NO/c1-8(2)6-19(7-13(16,17)18)12(20)9-3-10(14)5-11(15)4-9/h3-5,8H,6-7H2,1-2H3. The number of hydrogen-bond acceptors (Lipinski definition) is 1. The molecule has 0 unspecified atom stereocenters. The van der Waals surface area contributed by atoms with Gasteiger partial charge in [0.2, 0.25) is 0 Å². The van der Waals surface area contributed by atoms with Crippen LogP contribution in [-0.4, -0.2) is 30.1 Å². The molecule has 0 heterocycles. The Bertz CT molecular complexity index is 469. The van der Waals surface area contributed by atoms with Crippen LogP contribution in [0.3, 0.4) is 0 Å². The number of alkyl halides is 3. The normalized spacial score (nSPS) is 11.8. The Hall–Kier alpha value is -0.560. The van der Waals surface area contributed by atoms with E-state index in [1.807, 2.05) is 0 Å². The summed E-state index contributed by atoms with van der Waals surface area (Å²) in [6, 6.07) is 4.74. The van der Waals surface area contributed by atoms with Crippen molar-refractivity contribution in [2.24, 2.45) is 5.92 Å². The van der Waals surface area contributed by atoms with Crippen LogP contribution in [0.2, 0.25) is 0 Å². The highest BCUT2D eigenvalue weighted by molar-refractivity contribution is 9.11. The number of halogens is 5. The van der Waals surface area contributed by atoms with E-state index in [9.17, 15) is 18.0 Å². The van der Waals surface area contributed by atoms with Crippen LogP contribution in [0, 0.1) is 5.92 Å². The molecule has 0 radical (unpaired) electrons. The number of hydrogen-bond donors (Lipinski definition) is 0. The molecule has 1 rings (SSSR count). The van der Waals surface area contributed by atoms with E-state index in [0.717, 1.165) is 4.90 Å². The molecule has 0 aliphatic rings. The van der Waals surface area contributed by atoms with Crippen LogP contribution in [-0.2, 0) is 0 Å². The van der Waals surface area contributed by atoms with E-state index in [1.54, 1.807) is 19.9 Å². The van der Waals surface area contributed by atoms with E-state index in [4.69, 9.17) is 0 Å². The van der Waals surface area contributed by atoms with Gasteiger partial charge in [-0.25, -0.2) is 0 Å². The van der Waals surface area contributed by atoms with Crippen LogP contribution >= 0.6 is 31.9 Å². The van der Waals surface area contributed by atoms with Gasteiger partial charge in [-0.3, -0.25) is 4.79 Å². The van der Waals surface area contributed by atoms with Crippen LogP contribution in [0.4, 0.5) is 13.2 Å². The predicted molar refractivity (Wildman–Crippen MR) is 78.6 cm³/mol. The lowest BCUT2D eigenvalue weighted by Crippen LogP contribution is -2.41. The number of carbonyl (C=O) groups is 1. The van der Waals surface area contributed by atoms with Gasteiger partial charge >= 0.3 is 6.18 Å². The van der Waals surface area contributed by atoms with E-state index in [2.05, 4.69) is 31.9 Å². The molecule has 0 aliphatic heterocycles. The van der Waals surface area contributed by atoms with Crippen LogP contribution in [0.15, 0.2) is 27.1 Å². The average molecular weight is 417 g/mol. The van der Waals surface area contributed by atoms with Crippen molar-refractivity contribution in [1.82, 2.24) is 4.90 Å². The summed E-state index contributed by atoms with van der Waals surface area (Å²) in [5.74, 6) is -0.671. The molecular formula is C13H14Br2F3NO. The van der Waals surface area contributed by atoms with Crippen molar-refractivity contribution in [1.29, 1.82) is 0 Å². The highest BCUT2D eigenvalue weighted by atomic mass is 79.9. The third-order valence-electron chi connectivity index (χ3n) is 2.35. The van der Waals surface area contributed by atoms with Gasteiger partial charge in [-0.2, -0.15) is 13.2 Å². The molecule has 1 aromatic carbocycles. The van der Waals surface area contributed by atoms with Gasteiger partial charge < -0.3 is 4.90 Å². The lowest BCUT2D eigenvalue weighted by atomic mass is 10.1. The maximum absolute atomic E-state index is 12.6. The minimum atomic E-state index is -4.41. The molecule has 0 aromatic heterocycles. The summed E-state index contributed by atoms with van der Waals surface area (Å²) in [5, 5.41) is 0. The maximum Gasteiger partial charge on any atom is 0.406 e. The Balaban J connectivity index is 3.03. The van der Waals surface area contributed by atoms with E-state index in [0.29, 0.717) is 8.95 Å². The molecular weight excluding hydrogens is 403 g/mol. The fraction of sp³-hybridized carbons (Fsp3) is 0.462. The fourth-order valence-electron chi connectivity index (χ4n) is 1.74. The zero-order chi connectivity index (χ0) is 15.5. The number of rotatable bonds is 4. The second kappa shape index (κ2) is 6.93. The third kappa shape index (κ3) is 5.83. The molecule has 112 valence electrons. The second-order valence-electron chi connectivity index (χ2n) is 4.85. The predicted octanol–water partition coefficient (Wildman–Crippen LogP) is 4.87. The topological polar surface area (TPSA) is 20.3 Å². The molecule has 7 heteroatoms. The van der Waals surface area contributed by atoms with Gasteiger partial charge in [-0.1, -0.05) is 45.7 Å². The summed E-state index contributed by atoms with van der Waals surface area (Å²) in [7, 11) is 0. The zero-order valence-electron chi connectivity index (χ0n) is 11.0. The Morgan fingerprint density at radius 3 is 2.10 bits per heavy atom. The van der Waals surface area contributed by atoms with E-state index < -0.39 is 18.6 Å². The monoisotopic (exact) mass is 415 g/mol. The smallest absolute Gasteiger partial charge is 0.329 e. The van der Waals surface area contributed by atoms with Crippen molar-refractivity contribution in [3.63, 3.8) is 0 Å². The Labute approximate surface area is 132 Å². The molecule has 0 bridgehead atoms. The summed E-state index contributed by atoms with van der Waals surface area (Å²) in [5.41, 5.74) is 0.219. The first-order valence-electron chi connectivity index (χ1n) is 5.90. The molecule has 1 aromatic rings. The third-order valence-corrected chi connectivity index (χ3v) is 3.27. The SMILES string of the molecule is CC(C)CN(CC(F)(F)F)C(=O)c1cc(Br)cc(Br)c1. The first kappa shape index (κ1) is 17.5. The van der Waals surface area contributed by atoms with Crippen molar-refractivity contribution >= 4 is 37.8 Å². The highest BCUT2D eigenvalue weighted by Crippen LogP contribution is 2.23. The molecule has 0 saturated heterocycles. The lowest BCUT2D eigenvalue weighted by Gasteiger charge is -2.26. The quantitative estimate of drug-likeness (QED) is 0.685. The van der Waals surface area contributed by atoms with Crippen LogP contribution in [0.25, 0.3) is 0 Å². The first-order valence-corrected chi connectivity index (χ1v) is 7.49. The summed E-state index contributed by atoms with van der Waals surface area (Å²) < 4.78 is 39.0. The van der Waals surface area contributed by atoms with E-state index in [1.165, 1.54) is 12.1 Å². The Kier molecular flexibility index (Phi) is 6.06. The number of carbonyl (C=O) groups excluding carboxylic acids is 1. The zero-order valence-corrected chi connectivity index (χ0v) is 14.1. The van der Waals surface area contributed by atoms with Gasteiger partial charge in [0.1, 0.15) is 6.54 Å². The molecule has 1 amide bonds. The Morgan fingerprint density at radius 1 is 1.20 bits per heavy atom.